The molecule has 2 aliphatic rings. The van der Waals surface area contributed by atoms with E-state index in [9.17, 15) is 34.2 Å². The Morgan fingerprint density at radius 1 is 0.890 bits per heavy atom. The minimum Gasteiger partial charge on any atom is -0.503 e. The van der Waals surface area contributed by atoms with Crippen LogP contribution in [0.2, 0.25) is 10.0 Å². The first kappa shape index (κ1) is 53.9. The third-order valence-electron chi connectivity index (χ3n) is 10.8. The van der Waals surface area contributed by atoms with Gasteiger partial charge in [-0.2, -0.15) is 0 Å². The van der Waals surface area contributed by atoms with Gasteiger partial charge in [0.25, 0.3) is 11.8 Å². The van der Waals surface area contributed by atoms with Gasteiger partial charge in [0.15, 0.2) is 41.3 Å². The Morgan fingerprint density at radius 2 is 1.53 bits per heavy atom. The van der Waals surface area contributed by atoms with E-state index in [4.69, 9.17) is 47.0 Å². The quantitative estimate of drug-likeness (QED) is 0.0146. The predicted molar refractivity (Wildman–Crippen MR) is 276 cm³/mol. The summed E-state index contributed by atoms with van der Waals surface area (Å²) < 4.78 is 23.8. The van der Waals surface area contributed by atoms with Gasteiger partial charge >= 0.3 is 18.0 Å². The minimum absolute atomic E-state index is 0.000138. The zero-order valence-electron chi connectivity index (χ0n) is 41.2. The summed E-state index contributed by atoms with van der Waals surface area (Å²) in [5, 5.41) is 31.3. The second-order valence-corrected chi connectivity index (χ2v) is 21.9. The van der Waals surface area contributed by atoms with E-state index in [1.165, 1.54) is 35.9 Å². The Labute approximate surface area is 438 Å². The molecule has 0 radical (unpaired) electrons. The van der Waals surface area contributed by atoms with Gasteiger partial charge in [-0.1, -0.05) is 76.9 Å². The summed E-state index contributed by atoms with van der Waals surface area (Å²) in [4.78, 5) is 79.6. The number of halogens is 2. The number of phenols is 2. The van der Waals surface area contributed by atoms with Gasteiger partial charge in [-0.15, -0.1) is 23.1 Å². The lowest BCUT2D eigenvalue weighted by molar-refractivity contribution is -0.687. The minimum atomic E-state index is -1.69. The van der Waals surface area contributed by atoms with Crippen LogP contribution >= 0.6 is 46.3 Å². The highest BCUT2D eigenvalue weighted by Gasteiger charge is 2.54. The molecule has 3 aromatic carbocycles. The molecule has 0 aliphatic carbocycles. The first-order valence-corrected chi connectivity index (χ1v) is 25.2. The molecule has 2 atom stereocenters. The van der Waals surface area contributed by atoms with Crippen LogP contribution in [0.15, 0.2) is 94.9 Å². The molecule has 2 aliphatic heterocycles. The first-order valence-electron chi connectivity index (χ1n) is 22.6. The Hall–Kier alpha value is -6.87. The number of methoxy groups -OCH3 is 1. The topological polar surface area (TPSA) is 228 Å². The number of hydrogen-bond donors (Lipinski definition) is 4. The normalized spacial score (nSPS) is 16.2. The van der Waals surface area contributed by atoms with Crippen molar-refractivity contribution in [2.24, 2.45) is 5.16 Å². The maximum atomic E-state index is 14.3. The number of hydrogen-bond acceptors (Lipinski definition) is 16. The Bertz CT molecular complexity index is 3070. The molecule has 2 aromatic heterocycles. The summed E-state index contributed by atoms with van der Waals surface area (Å²) >= 11 is 14.9. The number of β-lactam (4-membered cyclic amide) rings is 1. The zero-order valence-corrected chi connectivity index (χ0v) is 44.3. The molecule has 7 rings (SSSR count). The number of anilines is 1. The third-order valence-corrected chi connectivity index (χ3v) is 13.6. The van der Waals surface area contributed by atoms with Crippen LogP contribution in [0.4, 0.5) is 9.93 Å². The summed E-state index contributed by atoms with van der Waals surface area (Å²) in [6.45, 7) is 13.3. The molecular formula is C51H53Cl2N6O12S2+. The molecule has 73 heavy (non-hydrogen) atoms. The van der Waals surface area contributed by atoms with Crippen molar-refractivity contribution in [3.05, 3.63) is 122 Å². The number of benzene rings is 3. The maximum Gasteiger partial charge on any atom is 0.413 e. The molecule has 3 amide bonds. The van der Waals surface area contributed by atoms with E-state index in [1.54, 1.807) is 97.5 Å². The van der Waals surface area contributed by atoms with E-state index in [2.05, 4.69) is 20.8 Å². The van der Waals surface area contributed by atoms with Crippen LogP contribution in [0.3, 0.4) is 0 Å². The summed E-state index contributed by atoms with van der Waals surface area (Å²) in [6.07, 6.45) is 6.26. The number of oxime groups is 1. The molecule has 4 N–H and O–H groups in total. The van der Waals surface area contributed by atoms with Crippen molar-refractivity contribution < 1.29 is 62.5 Å². The molecule has 5 aromatic rings. The number of ether oxygens (including phenoxy) is 4. The van der Waals surface area contributed by atoms with Crippen molar-refractivity contribution in [1.82, 2.24) is 15.2 Å². The van der Waals surface area contributed by atoms with Crippen LogP contribution in [-0.4, -0.2) is 96.7 Å². The number of aromatic hydroxyl groups is 2. The van der Waals surface area contributed by atoms with Crippen LogP contribution in [0.1, 0.15) is 77.8 Å². The molecule has 0 saturated carbocycles. The maximum absolute atomic E-state index is 14.3. The number of allylic oxidation sites excluding steroid dienone is 1. The lowest BCUT2D eigenvalue weighted by atomic mass is 10.0. The average molecular weight is 1080 g/mol. The number of nitrogens with one attached hydrogen (secondary N) is 2. The second kappa shape index (κ2) is 21.7. The smallest absolute Gasteiger partial charge is 0.413 e. The molecule has 4 heterocycles. The fourth-order valence-electron chi connectivity index (χ4n) is 7.15. The van der Waals surface area contributed by atoms with E-state index < -0.39 is 75.3 Å². The fourth-order valence-corrected chi connectivity index (χ4v) is 9.64. The molecular weight excluding hydrogens is 1020 g/mol. The van der Waals surface area contributed by atoms with Gasteiger partial charge in [-0.3, -0.25) is 19.8 Å². The summed E-state index contributed by atoms with van der Waals surface area (Å²) in [5.41, 5.74) is -0.963. The number of thiazole rings is 1. The molecule has 1 saturated heterocycles. The monoisotopic (exact) mass is 1080 g/mol. The number of nitrogens with zero attached hydrogens (tertiary/aromatic N) is 4. The van der Waals surface area contributed by atoms with Crippen LogP contribution in [0, 0.1) is 0 Å². The molecule has 0 unspecified atom stereocenters. The van der Waals surface area contributed by atoms with Crippen molar-refractivity contribution >= 4 is 104 Å². The van der Waals surface area contributed by atoms with Crippen molar-refractivity contribution in [1.29, 1.82) is 0 Å². The number of phenolic OH excluding ortho intramolecular Hbond substituents is 2. The van der Waals surface area contributed by atoms with E-state index in [0.29, 0.717) is 34.2 Å². The van der Waals surface area contributed by atoms with Crippen LogP contribution < -0.4 is 19.9 Å². The lowest BCUT2D eigenvalue weighted by Crippen LogP contribution is -2.71. The van der Waals surface area contributed by atoms with E-state index in [-0.39, 0.29) is 38.9 Å². The van der Waals surface area contributed by atoms with Crippen molar-refractivity contribution in [2.75, 3.05) is 18.2 Å². The fraction of sp³-hybridized carbons (Fsp3) is 0.333. The largest absolute Gasteiger partial charge is 0.503 e. The zero-order chi connectivity index (χ0) is 53.2. The van der Waals surface area contributed by atoms with E-state index in [0.717, 1.165) is 22.5 Å². The van der Waals surface area contributed by atoms with Crippen molar-refractivity contribution in [3.8, 4) is 17.2 Å². The molecule has 0 spiro atoms. The molecule has 22 heteroatoms. The number of pyridine rings is 1. The average Bonchev–Trinajstić information content (AvgIpc) is 3.79. The van der Waals surface area contributed by atoms with Crippen LogP contribution in [0.5, 0.6) is 17.2 Å². The van der Waals surface area contributed by atoms with E-state index >= 15 is 0 Å². The number of esters is 2. The van der Waals surface area contributed by atoms with Gasteiger partial charge in [0.05, 0.1) is 17.5 Å². The number of aromatic nitrogens is 2. The Kier molecular flexibility index (Phi) is 16.0. The number of rotatable bonds is 15. The summed E-state index contributed by atoms with van der Waals surface area (Å²) in [6, 6.07) is 15.1. The first-order chi connectivity index (χ1) is 34.3. The van der Waals surface area contributed by atoms with Crippen molar-refractivity contribution in [3.63, 3.8) is 0 Å². The van der Waals surface area contributed by atoms with Crippen LogP contribution in [0.25, 0.3) is 16.8 Å². The second-order valence-electron chi connectivity index (χ2n) is 19.2. The highest BCUT2D eigenvalue weighted by atomic mass is 35.5. The van der Waals surface area contributed by atoms with E-state index in [1.807, 2.05) is 34.9 Å². The van der Waals surface area contributed by atoms with Gasteiger partial charge in [-0.05, 0) is 84.2 Å². The number of thioether (sulfide) groups is 1. The number of carbonyl (C=O) groups is 5. The Balaban J connectivity index is 1.13. The van der Waals surface area contributed by atoms with Gasteiger partial charge < -0.3 is 39.3 Å². The number of amides is 3. The van der Waals surface area contributed by atoms with Crippen molar-refractivity contribution in [2.45, 2.75) is 96.8 Å². The molecule has 384 valence electrons. The summed E-state index contributed by atoms with van der Waals surface area (Å²) in [5.74, 6) is -3.18. The number of fused-ring (bicyclic) bond motifs is 2. The molecule has 1 fully saturated rings. The van der Waals surface area contributed by atoms with Gasteiger partial charge in [-0.25, -0.2) is 23.9 Å². The lowest BCUT2D eigenvalue weighted by Gasteiger charge is -2.49. The summed E-state index contributed by atoms with van der Waals surface area (Å²) in [7, 11) is 1.54. The standard InChI is InChI=1S/C51H52Cl2N6O12S2/c1-49(2,3)69-46(65)51(7,8)71-57-37(34-26-73-47(54-34)56-48(66)70-50(4,5)6)42(62)55-38-43(63)59-39(45(64)68-24-29-15-18-31(67-9)19-16-29)30(25-72-44(38)59)17-14-27-10-12-28(13-11-27)22-58-21-20-32-33(23-58)36(53)41(61)40(60)35(32)52/h10-21,23,26,38,44H,22,24-25H2,1-9H3,(H3,54,55,56,61,62,66)/p+1/b17-14+,57-37-/t38-,44-/m1/s1. The predicted octanol–water partition coefficient (Wildman–Crippen LogP) is 8.66. The third kappa shape index (κ3) is 12.8. The van der Waals surface area contributed by atoms with Gasteiger partial charge in [0, 0.05) is 28.1 Å². The van der Waals surface area contributed by atoms with Crippen LogP contribution in [-0.2, 0) is 51.4 Å². The van der Waals surface area contributed by atoms with Gasteiger partial charge in [0.1, 0.15) is 51.4 Å². The van der Waals surface area contributed by atoms with Gasteiger partial charge in [0.2, 0.25) is 5.60 Å². The number of carbonyl (C=O) groups excluding carboxylic acids is 5. The SMILES string of the molecule is COc1ccc(COC(=O)C2=C(/C=C/c3ccc(C[n+]4ccc5c(Cl)c(O)c(O)c(Cl)c5c4)cc3)CS[C@@H]3[C@H](NC(=O)/C(=N\OC(C)(C)C(=O)OC(C)(C)C)c4csc(NC(=O)OC(C)(C)C)n4)C(=O)N23)cc1. The Morgan fingerprint density at radius 3 is 2.18 bits per heavy atom. The highest BCUT2D eigenvalue weighted by Crippen LogP contribution is 2.45. The molecule has 18 nitrogen and oxygen atoms in total. The molecule has 0 bridgehead atoms. The highest BCUT2D eigenvalue weighted by molar-refractivity contribution is 8.00.